The van der Waals surface area contributed by atoms with Crippen molar-refractivity contribution in [1.82, 2.24) is 9.62 Å². The van der Waals surface area contributed by atoms with E-state index < -0.39 is 19.9 Å². The zero-order chi connectivity index (χ0) is 18.0. The lowest BCUT2D eigenvalue weighted by Gasteiger charge is -2.21. The highest BCUT2D eigenvalue weighted by Crippen LogP contribution is 2.21. The quantitative estimate of drug-likeness (QED) is 0.787. The van der Waals surface area contributed by atoms with Crippen LogP contribution < -0.4 is 4.72 Å². The van der Waals surface area contributed by atoms with Crippen LogP contribution >= 0.6 is 0 Å². The fraction of sp³-hybridized carbons (Fsp3) is 0.533. The summed E-state index contributed by atoms with van der Waals surface area (Å²) in [6.07, 6.45) is 2.92. The van der Waals surface area contributed by atoms with Crippen LogP contribution in [-0.2, 0) is 19.9 Å². The van der Waals surface area contributed by atoms with Crippen LogP contribution in [0, 0.1) is 0 Å². The van der Waals surface area contributed by atoms with E-state index in [0.29, 0.717) is 12.1 Å². The second-order valence-corrected chi connectivity index (χ2v) is 10.1. The molecule has 1 atom stereocenters. The molecule has 134 valence electrons. The monoisotopic (exact) mass is 374 g/mol. The molecule has 0 aromatic heterocycles. The summed E-state index contributed by atoms with van der Waals surface area (Å²) in [7, 11) is -7.12. The van der Waals surface area contributed by atoms with Gasteiger partial charge in [-0.2, -0.15) is 0 Å². The number of hydrogen-bond acceptors (Lipinski definition) is 5. The number of benzene rings is 1. The average Bonchev–Trinajstić information content (AvgIpc) is 2.91. The Balaban J connectivity index is 2.15. The van der Waals surface area contributed by atoms with Crippen LogP contribution in [0.4, 0.5) is 0 Å². The summed E-state index contributed by atoms with van der Waals surface area (Å²) < 4.78 is 48.9. The van der Waals surface area contributed by atoms with E-state index in [1.54, 1.807) is 11.0 Å². The predicted octanol–water partition coefficient (Wildman–Crippen LogP) is 0.634. The van der Waals surface area contributed by atoms with Crippen molar-refractivity contribution >= 4 is 25.8 Å². The van der Waals surface area contributed by atoms with Crippen LogP contribution in [-0.4, -0.2) is 58.8 Å². The number of hydrogen-bond donors (Lipinski definition) is 1. The summed E-state index contributed by atoms with van der Waals surface area (Å²) in [4.78, 5) is 14.2. The fourth-order valence-electron chi connectivity index (χ4n) is 2.64. The highest BCUT2D eigenvalue weighted by atomic mass is 32.2. The molecule has 24 heavy (non-hydrogen) atoms. The first-order valence-corrected chi connectivity index (χ1v) is 11.2. The summed E-state index contributed by atoms with van der Waals surface area (Å²) in [5, 5.41) is 0. The van der Waals surface area contributed by atoms with Crippen LogP contribution in [0.5, 0.6) is 0 Å². The Morgan fingerprint density at radius 1 is 1.29 bits per heavy atom. The van der Waals surface area contributed by atoms with Gasteiger partial charge in [-0.3, -0.25) is 4.79 Å². The molecule has 0 spiro atoms. The number of sulfone groups is 1. The van der Waals surface area contributed by atoms with E-state index in [1.807, 2.05) is 6.92 Å². The van der Waals surface area contributed by atoms with Crippen LogP contribution in [0.3, 0.4) is 0 Å². The molecule has 0 saturated carbocycles. The molecule has 0 unspecified atom stereocenters. The molecule has 1 N–H and O–H groups in total. The van der Waals surface area contributed by atoms with Gasteiger partial charge in [0.25, 0.3) is 5.91 Å². The van der Waals surface area contributed by atoms with Crippen molar-refractivity contribution in [2.75, 3.05) is 25.1 Å². The van der Waals surface area contributed by atoms with Gasteiger partial charge in [0.15, 0.2) is 0 Å². The average molecular weight is 374 g/mol. The van der Waals surface area contributed by atoms with Gasteiger partial charge in [-0.1, -0.05) is 6.07 Å². The minimum absolute atomic E-state index is 0.0475. The van der Waals surface area contributed by atoms with Gasteiger partial charge >= 0.3 is 0 Å². The number of sulfonamides is 1. The molecule has 0 radical (unpaired) electrons. The lowest BCUT2D eigenvalue weighted by molar-refractivity contribution is 0.0747. The molecule has 0 aliphatic carbocycles. The third-order valence-electron chi connectivity index (χ3n) is 3.97. The van der Waals surface area contributed by atoms with E-state index in [-0.39, 0.29) is 29.1 Å². The normalized spacial score (nSPS) is 18.8. The molecule has 1 amide bonds. The highest BCUT2D eigenvalue weighted by Gasteiger charge is 2.26. The Kier molecular flexibility index (Phi) is 5.67. The lowest BCUT2D eigenvalue weighted by atomic mass is 10.2. The molecule has 0 bridgehead atoms. The molecule has 1 aliphatic heterocycles. The predicted molar refractivity (Wildman–Crippen MR) is 91.1 cm³/mol. The molecule has 2 rings (SSSR count). The number of carbonyl (C=O) groups excluding carboxylic acids is 1. The molecular formula is C15H22N2O5S2. The van der Waals surface area contributed by atoms with Crippen molar-refractivity contribution in [1.29, 1.82) is 0 Å². The zero-order valence-electron chi connectivity index (χ0n) is 13.7. The molecule has 9 heteroatoms. The molecule has 1 heterocycles. The van der Waals surface area contributed by atoms with Crippen LogP contribution in [0.15, 0.2) is 29.2 Å². The highest BCUT2D eigenvalue weighted by molar-refractivity contribution is 7.91. The van der Waals surface area contributed by atoms with Gasteiger partial charge in [-0.25, -0.2) is 21.6 Å². The van der Waals surface area contributed by atoms with Gasteiger partial charge in [-0.05, 0) is 38.0 Å². The Labute approximate surface area is 143 Å². The molecule has 1 aromatic carbocycles. The minimum Gasteiger partial charge on any atom is -0.336 e. The van der Waals surface area contributed by atoms with Crippen molar-refractivity contribution in [3.8, 4) is 0 Å². The van der Waals surface area contributed by atoms with Crippen molar-refractivity contribution in [3.05, 3.63) is 29.8 Å². The van der Waals surface area contributed by atoms with E-state index >= 15 is 0 Å². The smallest absolute Gasteiger partial charge is 0.254 e. The summed E-state index contributed by atoms with van der Waals surface area (Å²) >= 11 is 0. The summed E-state index contributed by atoms with van der Waals surface area (Å²) in [5.41, 5.74) is 0.315. The van der Waals surface area contributed by atoms with Gasteiger partial charge in [0.2, 0.25) is 10.0 Å². The maximum Gasteiger partial charge on any atom is 0.254 e. The maximum atomic E-state index is 12.5. The second-order valence-electron chi connectivity index (χ2n) is 6.05. The Hall–Kier alpha value is -1.45. The van der Waals surface area contributed by atoms with Crippen LogP contribution in [0.25, 0.3) is 0 Å². The largest absolute Gasteiger partial charge is 0.336 e. The van der Waals surface area contributed by atoms with Gasteiger partial charge in [0.1, 0.15) is 9.84 Å². The molecule has 1 aromatic rings. The van der Waals surface area contributed by atoms with E-state index in [4.69, 9.17) is 0 Å². The summed E-state index contributed by atoms with van der Waals surface area (Å²) in [6, 6.07) is 5.95. The standard InChI is InChI=1S/C15H22N2O5S2/c1-12-5-4-9-17(12)15(18)13-6-3-7-14(11-13)24(21,22)16-8-10-23(2,19)20/h3,6-7,11-12,16H,4-5,8-10H2,1-2H3/t12-/m0/s1. The molecule has 1 fully saturated rings. The van der Waals surface area contributed by atoms with E-state index in [2.05, 4.69) is 4.72 Å². The number of nitrogens with one attached hydrogen (secondary N) is 1. The molecular weight excluding hydrogens is 352 g/mol. The maximum absolute atomic E-state index is 12.5. The molecule has 1 saturated heterocycles. The Bertz CT molecular complexity index is 818. The number of rotatable bonds is 6. The first kappa shape index (κ1) is 18.9. The van der Waals surface area contributed by atoms with Crippen molar-refractivity contribution in [2.45, 2.75) is 30.7 Å². The molecule has 7 nitrogen and oxygen atoms in total. The first-order valence-electron chi connectivity index (χ1n) is 7.68. The number of nitrogens with zero attached hydrogens (tertiary/aromatic N) is 1. The van der Waals surface area contributed by atoms with Crippen molar-refractivity contribution in [3.63, 3.8) is 0 Å². The van der Waals surface area contributed by atoms with Gasteiger partial charge in [0.05, 0.1) is 10.6 Å². The number of likely N-dealkylation sites (tertiary alicyclic amines) is 1. The lowest BCUT2D eigenvalue weighted by Crippen LogP contribution is -2.34. The Morgan fingerprint density at radius 3 is 2.58 bits per heavy atom. The topological polar surface area (TPSA) is 101 Å². The summed E-state index contributed by atoms with van der Waals surface area (Å²) in [5.74, 6) is -0.468. The number of carbonyl (C=O) groups is 1. The first-order chi connectivity index (χ1) is 11.1. The third kappa shape index (κ3) is 4.78. The number of amides is 1. The minimum atomic E-state index is -3.86. The SMILES string of the molecule is C[C@H]1CCCN1C(=O)c1cccc(S(=O)(=O)NCCS(C)(=O)=O)c1. The van der Waals surface area contributed by atoms with Gasteiger partial charge < -0.3 is 4.90 Å². The molecule has 1 aliphatic rings. The van der Waals surface area contributed by atoms with Crippen LogP contribution in [0.2, 0.25) is 0 Å². The third-order valence-corrected chi connectivity index (χ3v) is 6.37. The summed E-state index contributed by atoms with van der Waals surface area (Å²) in [6.45, 7) is 2.43. The van der Waals surface area contributed by atoms with E-state index in [9.17, 15) is 21.6 Å². The van der Waals surface area contributed by atoms with E-state index in [1.165, 1.54) is 18.2 Å². The Morgan fingerprint density at radius 2 is 2.00 bits per heavy atom. The zero-order valence-corrected chi connectivity index (χ0v) is 15.4. The fourth-order valence-corrected chi connectivity index (χ4v) is 4.32. The van der Waals surface area contributed by atoms with Gasteiger partial charge in [0, 0.05) is 31.0 Å². The van der Waals surface area contributed by atoms with E-state index in [0.717, 1.165) is 19.1 Å². The van der Waals surface area contributed by atoms with Crippen molar-refractivity contribution < 1.29 is 21.6 Å². The second kappa shape index (κ2) is 7.20. The van der Waals surface area contributed by atoms with Crippen molar-refractivity contribution in [2.24, 2.45) is 0 Å². The van der Waals surface area contributed by atoms with Crippen LogP contribution in [0.1, 0.15) is 30.1 Å². The van der Waals surface area contributed by atoms with Gasteiger partial charge in [-0.15, -0.1) is 0 Å².